The minimum absolute atomic E-state index is 0.0657. The fourth-order valence-electron chi connectivity index (χ4n) is 10.2. The number of unbranched alkanes of at least 4 members (excludes halogenated alkanes) is 36. The summed E-state index contributed by atoms with van der Waals surface area (Å²) in [7, 11) is 0. The van der Waals surface area contributed by atoms with Crippen LogP contribution in [0.1, 0.15) is 271 Å². The molecule has 14 heteroatoms. The van der Waals surface area contributed by atoms with Crippen LogP contribution in [0.4, 0.5) is 0 Å². The third-order valence-corrected chi connectivity index (χ3v) is 15.3. The Morgan fingerprint density at radius 2 is 0.787 bits per heavy atom. The van der Waals surface area contributed by atoms with Gasteiger partial charge in [0.2, 0.25) is 0 Å². The van der Waals surface area contributed by atoms with E-state index < -0.39 is 80.7 Å². The molecule has 0 aromatic carbocycles. The molecule has 2 heterocycles. The monoisotopic (exact) mass is 1070 g/mol. The first kappa shape index (κ1) is 69.8. The molecular formula is C61H116O14. The highest BCUT2D eigenvalue weighted by molar-refractivity contribution is 5.69. The third-order valence-electron chi connectivity index (χ3n) is 15.3. The lowest BCUT2D eigenvalue weighted by atomic mass is 9.98. The number of allylic oxidation sites excluding steroid dienone is 2. The van der Waals surface area contributed by atoms with Crippen molar-refractivity contribution in [3.8, 4) is 0 Å². The second-order valence-corrected chi connectivity index (χ2v) is 22.2. The van der Waals surface area contributed by atoms with Crippen LogP contribution in [0.3, 0.4) is 0 Å². The van der Waals surface area contributed by atoms with Crippen molar-refractivity contribution in [3.05, 3.63) is 12.2 Å². The van der Waals surface area contributed by atoms with Crippen LogP contribution in [-0.2, 0) is 33.2 Å². The summed E-state index contributed by atoms with van der Waals surface area (Å²) < 4.78 is 34.5. The predicted octanol–water partition coefficient (Wildman–Crippen LogP) is 11.8. The maximum absolute atomic E-state index is 13.1. The molecule has 2 saturated heterocycles. The topological polar surface area (TPSA) is 214 Å². The van der Waals surface area contributed by atoms with Crippen molar-refractivity contribution in [2.45, 2.75) is 338 Å². The summed E-state index contributed by atoms with van der Waals surface area (Å²) in [6, 6.07) is 0. The Kier molecular flexibility index (Phi) is 45.3. The van der Waals surface area contributed by atoms with E-state index in [9.17, 15) is 40.5 Å². The number of aliphatic hydroxyl groups excluding tert-OH is 7. The molecule has 0 amide bonds. The smallest absolute Gasteiger partial charge is 0.306 e. The van der Waals surface area contributed by atoms with Crippen molar-refractivity contribution in [3.63, 3.8) is 0 Å². The summed E-state index contributed by atoms with van der Waals surface area (Å²) in [5, 5.41) is 72.4. The van der Waals surface area contributed by atoms with Gasteiger partial charge in [-0.25, -0.2) is 0 Å². The van der Waals surface area contributed by atoms with Gasteiger partial charge in [-0.2, -0.15) is 0 Å². The summed E-state index contributed by atoms with van der Waals surface area (Å²) in [5.41, 5.74) is 0. The molecule has 2 aliphatic heterocycles. The van der Waals surface area contributed by atoms with Crippen LogP contribution in [-0.4, -0.2) is 142 Å². The average Bonchev–Trinajstić information content (AvgIpc) is 3.41. The molecular weight excluding hydrogens is 957 g/mol. The summed E-state index contributed by atoms with van der Waals surface area (Å²) in [6.45, 7) is 3.75. The van der Waals surface area contributed by atoms with E-state index in [2.05, 4.69) is 26.0 Å². The molecule has 0 bridgehead atoms. The molecule has 444 valence electrons. The number of esters is 1. The van der Waals surface area contributed by atoms with Gasteiger partial charge < -0.3 is 64.2 Å². The van der Waals surface area contributed by atoms with Crippen LogP contribution in [0.2, 0.25) is 0 Å². The summed E-state index contributed by atoms with van der Waals surface area (Å²) in [6.07, 6.45) is 38.5. The maximum Gasteiger partial charge on any atom is 0.306 e. The van der Waals surface area contributed by atoms with Crippen LogP contribution >= 0.6 is 0 Å². The Labute approximate surface area is 456 Å². The molecule has 2 fully saturated rings. The molecule has 11 unspecified atom stereocenters. The Morgan fingerprint density at radius 1 is 0.427 bits per heavy atom. The second-order valence-electron chi connectivity index (χ2n) is 22.2. The van der Waals surface area contributed by atoms with E-state index >= 15 is 0 Å². The van der Waals surface area contributed by atoms with Gasteiger partial charge in [0.1, 0.15) is 54.9 Å². The molecule has 0 radical (unpaired) electrons. The highest BCUT2D eigenvalue weighted by Gasteiger charge is 2.47. The Balaban J connectivity index is 1.67. The highest BCUT2D eigenvalue weighted by Crippen LogP contribution is 2.27. The zero-order valence-electron chi connectivity index (χ0n) is 47.8. The number of carbonyl (C=O) groups is 1. The van der Waals surface area contributed by atoms with E-state index in [0.29, 0.717) is 13.0 Å². The van der Waals surface area contributed by atoms with E-state index in [4.69, 9.17) is 28.4 Å². The first-order chi connectivity index (χ1) is 36.6. The zero-order valence-corrected chi connectivity index (χ0v) is 47.8. The Hall–Kier alpha value is -1.27. The minimum atomic E-state index is -1.70. The zero-order chi connectivity index (χ0) is 54.4. The molecule has 11 atom stereocenters. The predicted molar refractivity (Wildman–Crippen MR) is 298 cm³/mol. The lowest BCUT2D eigenvalue weighted by molar-refractivity contribution is -0.332. The van der Waals surface area contributed by atoms with Crippen molar-refractivity contribution in [1.82, 2.24) is 0 Å². The molecule has 0 aliphatic carbocycles. The maximum atomic E-state index is 13.1. The molecule has 75 heavy (non-hydrogen) atoms. The first-order valence-corrected chi connectivity index (χ1v) is 31.3. The van der Waals surface area contributed by atoms with Crippen LogP contribution in [0.5, 0.6) is 0 Å². The average molecular weight is 1070 g/mol. The van der Waals surface area contributed by atoms with E-state index in [-0.39, 0.29) is 25.6 Å². The van der Waals surface area contributed by atoms with Gasteiger partial charge in [-0.3, -0.25) is 4.79 Å². The normalized spacial score (nSPS) is 24.6. The largest absolute Gasteiger partial charge is 0.457 e. The van der Waals surface area contributed by atoms with E-state index in [1.165, 1.54) is 205 Å². The van der Waals surface area contributed by atoms with Gasteiger partial charge in [-0.15, -0.1) is 0 Å². The quantitative estimate of drug-likeness (QED) is 0.0172. The fraction of sp³-hybridized carbons (Fsp3) is 0.951. The Morgan fingerprint density at radius 3 is 1.21 bits per heavy atom. The number of hydrogen-bond acceptors (Lipinski definition) is 14. The third kappa shape index (κ3) is 35.2. The van der Waals surface area contributed by atoms with E-state index in [1.54, 1.807) is 0 Å². The fourth-order valence-corrected chi connectivity index (χ4v) is 10.2. The number of ether oxygens (including phenoxy) is 6. The number of aliphatic hydroxyl groups is 7. The summed E-state index contributed by atoms with van der Waals surface area (Å²) >= 11 is 0. The molecule has 0 saturated carbocycles. The lowest BCUT2D eigenvalue weighted by Gasteiger charge is -2.42. The Bertz CT molecular complexity index is 1290. The standard InChI is InChI=1S/C61H116O14/c1-3-5-7-9-11-13-15-17-19-21-23-24-25-26-27-28-30-32-34-36-38-40-42-44-53(63)73-50(47-70-45-43-41-39-37-35-33-31-29-22-20-18-16-14-12-10-8-6-4-2)48-71-60-59(69)57(67)55(65)52(75-60)49-72-61-58(68)56(66)54(64)51(46-62)74-61/h18,20,50-52,54-62,64-69H,3-17,19,21-49H2,1-2H3/b20-18-. The SMILES string of the molecule is CCCCCCCC/C=C\CCCCCCCCCCOCC(COC1OC(COC2OC(CO)C(O)C(O)C2O)C(O)C(O)C1O)OC(=O)CCCCCCCCCCCCCCCCCCCCCCCCC. The molecule has 0 aromatic heterocycles. The summed E-state index contributed by atoms with van der Waals surface area (Å²) in [4.78, 5) is 13.1. The molecule has 0 aromatic rings. The van der Waals surface area contributed by atoms with E-state index in [0.717, 1.165) is 38.5 Å². The number of carbonyl (C=O) groups excluding carboxylic acids is 1. The van der Waals surface area contributed by atoms with Gasteiger partial charge in [0.05, 0.1) is 26.4 Å². The number of rotatable bonds is 52. The van der Waals surface area contributed by atoms with Gasteiger partial charge in [0.15, 0.2) is 12.6 Å². The van der Waals surface area contributed by atoms with Gasteiger partial charge in [0, 0.05) is 13.0 Å². The lowest BCUT2D eigenvalue weighted by Crippen LogP contribution is -2.61. The van der Waals surface area contributed by atoms with Crippen molar-refractivity contribution in [2.75, 3.05) is 33.0 Å². The van der Waals surface area contributed by atoms with Crippen molar-refractivity contribution >= 4 is 5.97 Å². The van der Waals surface area contributed by atoms with Crippen LogP contribution in [0.15, 0.2) is 12.2 Å². The van der Waals surface area contributed by atoms with Crippen LogP contribution in [0.25, 0.3) is 0 Å². The van der Waals surface area contributed by atoms with Crippen LogP contribution in [0, 0.1) is 0 Å². The van der Waals surface area contributed by atoms with E-state index in [1.807, 2.05) is 0 Å². The molecule has 2 rings (SSSR count). The van der Waals surface area contributed by atoms with Gasteiger partial charge in [-0.1, -0.05) is 238 Å². The minimum Gasteiger partial charge on any atom is -0.457 e. The van der Waals surface area contributed by atoms with Gasteiger partial charge in [0.25, 0.3) is 0 Å². The van der Waals surface area contributed by atoms with Crippen molar-refractivity contribution in [2.24, 2.45) is 0 Å². The molecule has 0 spiro atoms. The van der Waals surface area contributed by atoms with Crippen molar-refractivity contribution < 1.29 is 69.0 Å². The first-order valence-electron chi connectivity index (χ1n) is 31.3. The molecule has 2 aliphatic rings. The molecule has 7 N–H and O–H groups in total. The van der Waals surface area contributed by atoms with Gasteiger partial charge >= 0.3 is 5.97 Å². The van der Waals surface area contributed by atoms with Crippen molar-refractivity contribution in [1.29, 1.82) is 0 Å². The second kappa shape index (κ2) is 48.6. The number of hydrogen-bond donors (Lipinski definition) is 7. The summed E-state index contributed by atoms with van der Waals surface area (Å²) in [5.74, 6) is -0.369. The molecule has 14 nitrogen and oxygen atoms in total. The van der Waals surface area contributed by atoms with Gasteiger partial charge in [-0.05, 0) is 38.5 Å². The van der Waals surface area contributed by atoms with Crippen LogP contribution < -0.4 is 0 Å². The highest BCUT2D eigenvalue weighted by atomic mass is 16.7.